The second-order valence-corrected chi connectivity index (χ2v) is 5.60. The minimum atomic E-state index is 0.692. The van der Waals surface area contributed by atoms with E-state index in [0.29, 0.717) is 6.04 Å². The molecule has 16 heavy (non-hydrogen) atoms. The average Bonchev–Trinajstić information content (AvgIpc) is 2.30. The van der Waals surface area contributed by atoms with E-state index in [2.05, 4.69) is 64.1 Å². The molecule has 1 fully saturated rings. The Labute approximate surface area is 106 Å². The molecule has 0 N–H and O–H groups in total. The summed E-state index contributed by atoms with van der Waals surface area (Å²) in [6.45, 7) is 2.33. The van der Waals surface area contributed by atoms with Gasteiger partial charge in [-0.1, -0.05) is 15.9 Å². The third-order valence-corrected chi connectivity index (χ3v) is 3.85. The van der Waals surface area contributed by atoms with Gasteiger partial charge in [0.05, 0.1) is 0 Å². The van der Waals surface area contributed by atoms with Crippen LogP contribution in [0, 0.1) is 0 Å². The molecular formula is C13H19BrN2. The number of piperidine rings is 1. The predicted molar refractivity (Wildman–Crippen MR) is 73.1 cm³/mol. The zero-order chi connectivity index (χ0) is 11.5. The lowest BCUT2D eigenvalue weighted by molar-refractivity contribution is 0.258. The van der Waals surface area contributed by atoms with E-state index in [-0.39, 0.29) is 0 Å². The van der Waals surface area contributed by atoms with Crippen molar-refractivity contribution in [3.8, 4) is 0 Å². The van der Waals surface area contributed by atoms with Crippen LogP contribution in [0.4, 0.5) is 5.69 Å². The highest BCUT2D eigenvalue weighted by Crippen LogP contribution is 2.23. The van der Waals surface area contributed by atoms with E-state index in [9.17, 15) is 0 Å². The highest BCUT2D eigenvalue weighted by Gasteiger charge is 2.21. The Morgan fingerprint density at radius 2 is 1.94 bits per heavy atom. The van der Waals surface area contributed by atoms with Crippen molar-refractivity contribution >= 4 is 21.6 Å². The number of likely N-dealkylation sites (N-methyl/N-ethyl adjacent to an activating group) is 1. The van der Waals surface area contributed by atoms with Gasteiger partial charge in [0.15, 0.2) is 0 Å². The number of hydrogen-bond donors (Lipinski definition) is 0. The topological polar surface area (TPSA) is 6.48 Å². The van der Waals surface area contributed by atoms with Crippen LogP contribution >= 0.6 is 15.9 Å². The van der Waals surface area contributed by atoms with Crippen molar-refractivity contribution in [1.29, 1.82) is 0 Å². The lowest BCUT2D eigenvalue weighted by atomic mass is 10.0. The smallest absolute Gasteiger partial charge is 0.0367 e. The first-order valence-corrected chi connectivity index (χ1v) is 6.63. The summed E-state index contributed by atoms with van der Waals surface area (Å²) in [5.74, 6) is 0. The van der Waals surface area contributed by atoms with E-state index in [0.717, 1.165) is 11.0 Å². The molecule has 1 saturated heterocycles. The van der Waals surface area contributed by atoms with Crippen molar-refractivity contribution in [2.24, 2.45) is 0 Å². The van der Waals surface area contributed by atoms with Crippen molar-refractivity contribution in [2.45, 2.75) is 18.9 Å². The van der Waals surface area contributed by atoms with Gasteiger partial charge in [-0.05, 0) is 51.2 Å². The van der Waals surface area contributed by atoms with Crippen LogP contribution in [-0.2, 0) is 0 Å². The van der Waals surface area contributed by atoms with E-state index in [1.807, 2.05) is 0 Å². The van der Waals surface area contributed by atoms with Crippen molar-refractivity contribution in [1.82, 2.24) is 4.90 Å². The summed E-state index contributed by atoms with van der Waals surface area (Å²) in [5, 5.41) is 0. The van der Waals surface area contributed by atoms with Crippen LogP contribution in [0.1, 0.15) is 12.8 Å². The van der Waals surface area contributed by atoms with E-state index in [1.165, 1.54) is 25.1 Å². The van der Waals surface area contributed by atoms with Gasteiger partial charge >= 0.3 is 0 Å². The first kappa shape index (κ1) is 11.9. The van der Waals surface area contributed by atoms with Gasteiger partial charge in [0.1, 0.15) is 0 Å². The summed E-state index contributed by atoms with van der Waals surface area (Å²) >= 11 is 3.48. The molecule has 88 valence electrons. The van der Waals surface area contributed by atoms with Crippen molar-refractivity contribution < 1.29 is 0 Å². The molecule has 0 radical (unpaired) electrons. The monoisotopic (exact) mass is 282 g/mol. The summed E-state index contributed by atoms with van der Waals surface area (Å²) < 4.78 is 1.15. The third-order valence-electron chi connectivity index (χ3n) is 3.32. The molecular weight excluding hydrogens is 264 g/mol. The Morgan fingerprint density at radius 3 is 2.56 bits per heavy atom. The molecule has 0 bridgehead atoms. The van der Waals surface area contributed by atoms with Crippen LogP contribution in [-0.4, -0.2) is 38.1 Å². The van der Waals surface area contributed by atoms with Gasteiger partial charge in [-0.2, -0.15) is 0 Å². The van der Waals surface area contributed by atoms with Crippen LogP contribution in [0.15, 0.2) is 28.7 Å². The van der Waals surface area contributed by atoms with E-state index in [4.69, 9.17) is 0 Å². The van der Waals surface area contributed by atoms with E-state index < -0.39 is 0 Å². The van der Waals surface area contributed by atoms with E-state index >= 15 is 0 Å². The summed E-state index contributed by atoms with van der Waals surface area (Å²) in [5.41, 5.74) is 1.34. The molecule has 0 unspecified atom stereocenters. The highest BCUT2D eigenvalue weighted by atomic mass is 79.9. The highest BCUT2D eigenvalue weighted by molar-refractivity contribution is 9.10. The van der Waals surface area contributed by atoms with Crippen molar-refractivity contribution in [2.75, 3.05) is 32.1 Å². The Morgan fingerprint density at radius 1 is 1.25 bits per heavy atom. The van der Waals surface area contributed by atoms with Gasteiger partial charge < -0.3 is 9.80 Å². The Kier molecular flexibility index (Phi) is 3.87. The van der Waals surface area contributed by atoms with E-state index in [1.54, 1.807) is 0 Å². The summed E-state index contributed by atoms with van der Waals surface area (Å²) in [7, 11) is 4.35. The molecule has 1 atom stereocenters. The SMILES string of the molecule is CN(C)[C@H]1CCCN(c2ccc(Br)cc2)C1. The molecule has 1 heterocycles. The third kappa shape index (κ3) is 2.77. The first-order chi connectivity index (χ1) is 7.66. The Balaban J connectivity index is 2.06. The van der Waals surface area contributed by atoms with Crippen LogP contribution < -0.4 is 4.90 Å². The maximum Gasteiger partial charge on any atom is 0.0367 e. The molecule has 0 aliphatic carbocycles. The second-order valence-electron chi connectivity index (χ2n) is 4.68. The fraction of sp³-hybridized carbons (Fsp3) is 0.538. The number of hydrogen-bond acceptors (Lipinski definition) is 2. The van der Waals surface area contributed by atoms with Crippen LogP contribution in [0.5, 0.6) is 0 Å². The first-order valence-electron chi connectivity index (χ1n) is 5.84. The maximum absolute atomic E-state index is 3.48. The molecule has 2 nitrogen and oxygen atoms in total. The maximum atomic E-state index is 3.48. The molecule has 1 aromatic rings. The number of benzene rings is 1. The van der Waals surface area contributed by atoms with Crippen molar-refractivity contribution in [3.63, 3.8) is 0 Å². The molecule has 0 amide bonds. The minimum absolute atomic E-state index is 0.692. The molecule has 0 spiro atoms. The summed E-state index contributed by atoms with van der Waals surface area (Å²) in [6, 6.07) is 9.32. The number of rotatable bonds is 2. The lowest BCUT2D eigenvalue weighted by Crippen LogP contribution is -2.45. The quantitative estimate of drug-likeness (QED) is 0.823. The normalized spacial score (nSPS) is 21.5. The summed E-state index contributed by atoms with van der Waals surface area (Å²) in [4.78, 5) is 4.83. The molecule has 1 aromatic carbocycles. The fourth-order valence-electron chi connectivity index (χ4n) is 2.26. The van der Waals surface area contributed by atoms with Gasteiger partial charge in [0.25, 0.3) is 0 Å². The fourth-order valence-corrected chi connectivity index (χ4v) is 2.53. The van der Waals surface area contributed by atoms with Gasteiger partial charge in [-0.25, -0.2) is 0 Å². The molecule has 1 aliphatic heterocycles. The predicted octanol–water partition coefficient (Wildman–Crippen LogP) is 2.98. The standard InChI is InChI=1S/C13H19BrN2/c1-15(2)13-4-3-9-16(10-13)12-7-5-11(14)6-8-12/h5-8,13H,3-4,9-10H2,1-2H3/t13-/m0/s1. The Bertz CT molecular complexity index is 334. The zero-order valence-corrected chi connectivity index (χ0v) is 11.6. The molecule has 0 saturated carbocycles. The number of halogens is 1. The van der Waals surface area contributed by atoms with Crippen LogP contribution in [0.2, 0.25) is 0 Å². The number of anilines is 1. The van der Waals surface area contributed by atoms with Crippen molar-refractivity contribution in [3.05, 3.63) is 28.7 Å². The largest absolute Gasteiger partial charge is 0.370 e. The second kappa shape index (κ2) is 5.19. The molecule has 3 heteroatoms. The molecule has 0 aromatic heterocycles. The molecule has 1 aliphatic rings. The van der Waals surface area contributed by atoms with Crippen LogP contribution in [0.3, 0.4) is 0 Å². The average molecular weight is 283 g/mol. The number of nitrogens with zero attached hydrogens (tertiary/aromatic N) is 2. The Hall–Kier alpha value is -0.540. The van der Waals surface area contributed by atoms with Crippen LogP contribution in [0.25, 0.3) is 0 Å². The molecule has 2 rings (SSSR count). The summed E-state index contributed by atoms with van der Waals surface area (Å²) in [6.07, 6.45) is 2.61. The van der Waals surface area contributed by atoms with Gasteiger partial charge in [0.2, 0.25) is 0 Å². The zero-order valence-electron chi connectivity index (χ0n) is 9.99. The lowest BCUT2D eigenvalue weighted by Gasteiger charge is -2.37. The van der Waals surface area contributed by atoms with Gasteiger partial charge in [0, 0.05) is 29.3 Å². The minimum Gasteiger partial charge on any atom is -0.370 e. The van der Waals surface area contributed by atoms with Gasteiger partial charge in [-0.3, -0.25) is 0 Å². The van der Waals surface area contributed by atoms with Gasteiger partial charge in [-0.15, -0.1) is 0 Å².